The summed E-state index contributed by atoms with van der Waals surface area (Å²) in [5.41, 5.74) is 0.989. The van der Waals surface area contributed by atoms with Crippen molar-refractivity contribution in [2.24, 2.45) is 0 Å². The van der Waals surface area contributed by atoms with Crippen molar-refractivity contribution in [1.29, 1.82) is 0 Å². The molecule has 0 saturated heterocycles. The Morgan fingerprint density at radius 2 is 2.30 bits per heavy atom. The summed E-state index contributed by atoms with van der Waals surface area (Å²) in [6.07, 6.45) is -0.415. The molecule has 1 aliphatic rings. The fraction of sp³-hybridized carbons (Fsp3) is 0.462. The predicted octanol–water partition coefficient (Wildman–Crippen LogP) is 2.65. The minimum absolute atomic E-state index is 0.0698. The molecule has 0 aliphatic carbocycles. The molecule has 1 aliphatic heterocycles. The van der Waals surface area contributed by atoms with E-state index in [0.717, 1.165) is 5.56 Å². The van der Waals surface area contributed by atoms with E-state index >= 15 is 0 Å². The zero-order valence-corrected chi connectivity index (χ0v) is 13.4. The van der Waals surface area contributed by atoms with E-state index in [1.807, 2.05) is 12.1 Å². The fourth-order valence-corrected chi connectivity index (χ4v) is 2.38. The molecule has 0 fully saturated rings. The number of halogens is 1. The molecule has 1 aromatic rings. The van der Waals surface area contributed by atoms with Gasteiger partial charge in [0.2, 0.25) is 12.5 Å². The average Bonchev–Trinajstić information content (AvgIpc) is 2.92. The second kappa shape index (κ2) is 6.87. The van der Waals surface area contributed by atoms with Gasteiger partial charge in [0.15, 0.2) is 11.5 Å². The normalized spacial score (nSPS) is 13.8. The molecular formula is C13H16INO5. The number of carbonyl (C=O) groups is 1. The van der Waals surface area contributed by atoms with Gasteiger partial charge in [0.1, 0.15) is 0 Å². The lowest BCUT2D eigenvalue weighted by molar-refractivity contribution is 0.152. The molecule has 0 saturated carbocycles. The Labute approximate surface area is 130 Å². The lowest BCUT2D eigenvalue weighted by Crippen LogP contribution is -2.27. The van der Waals surface area contributed by atoms with Crippen molar-refractivity contribution in [3.05, 3.63) is 17.7 Å². The van der Waals surface area contributed by atoms with Gasteiger partial charge in [-0.05, 0) is 24.6 Å². The molecule has 7 heteroatoms. The largest absolute Gasteiger partial charge is 0.493 e. The summed E-state index contributed by atoms with van der Waals surface area (Å²) < 4.78 is 20.9. The number of hydrogen-bond donors (Lipinski definition) is 1. The van der Waals surface area contributed by atoms with Crippen molar-refractivity contribution in [1.82, 2.24) is 5.32 Å². The standard InChI is InChI=1S/C13H16INO5/c1-3-18-13(16)15-6-9(14)8-4-10(17-2)12-11(5-8)19-7-20-12/h4-5,9H,3,6-7H2,1-2H3,(H,15,16). The number of carbonyl (C=O) groups excluding carboxylic acids is 1. The summed E-state index contributed by atoms with van der Waals surface area (Å²) in [4.78, 5) is 11.3. The van der Waals surface area contributed by atoms with Gasteiger partial charge in [-0.15, -0.1) is 0 Å². The number of rotatable bonds is 5. The fourth-order valence-electron chi connectivity index (χ4n) is 1.80. The topological polar surface area (TPSA) is 66.0 Å². The van der Waals surface area contributed by atoms with Crippen LogP contribution in [0.25, 0.3) is 0 Å². The molecule has 1 amide bonds. The molecule has 1 heterocycles. The lowest BCUT2D eigenvalue weighted by Gasteiger charge is -2.14. The highest BCUT2D eigenvalue weighted by Gasteiger charge is 2.22. The molecule has 110 valence electrons. The Balaban J connectivity index is 2.06. The van der Waals surface area contributed by atoms with Crippen LogP contribution in [0, 0.1) is 0 Å². The zero-order chi connectivity index (χ0) is 14.5. The van der Waals surface area contributed by atoms with Gasteiger partial charge in [-0.2, -0.15) is 0 Å². The van der Waals surface area contributed by atoms with Gasteiger partial charge in [-0.3, -0.25) is 0 Å². The van der Waals surface area contributed by atoms with Crippen LogP contribution >= 0.6 is 22.6 Å². The van der Waals surface area contributed by atoms with Crippen LogP contribution in [0.15, 0.2) is 12.1 Å². The molecular weight excluding hydrogens is 377 g/mol. The summed E-state index contributed by atoms with van der Waals surface area (Å²) in [6.45, 7) is 2.78. The first-order valence-corrected chi connectivity index (χ1v) is 7.42. The zero-order valence-electron chi connectivity index (χ0n) is 11.3. The average molecular weight is 393 g/mol. The maximum absolute atomic E-state index is 11.3. The molecule has 20 heavy (non-hydrogen) atoms. The van der Waals surface area contributed by atoms with Gasteiger partial charge in [-0.25, -0.2) is 4.79 Å². The molecule has 0 aromatic heterocycles. The minimum Gasteiger partial charge on any atom is -0.493 e. The van der Waals surface area contributed by atoms with Crippen LogP contribution in [0.1, 0.15) is 16.4 Å². The van der Waals surface area contributed by atoms with Crippen LogP contribution in [-0.4, -0.2) is 33.1 Å². The molecule has 0 bridgehead atoms. The third kappa shape index (κ3) is 3.38. The van der Waals surface area contributed by atoms with Crippen LogP contribution in [0.3, 0.4) is 0 Å². The highest BCUT2D eigenvalue weighted by Crippen LogP contribution is 2.44. The summed E-state index contributed by atoms with van der Waals surface area (Å²) in [5.74, 6) is 1.92. The maximum Gasteiger partial charge on any atom is 0.407 e. The molecule has 1 unspecified atom stereocenters. The monoisotopic (exact) mass is 393 g/mol. The van der Waals surface area contributed by atoms with Crippen molar-refractivity contribution >= 4 is 28.7 Å². The quantitative estimate of drug-likeness (QED) is 0.616. The van der Waals surface area contributed by atoms with E-state index in [1.54, 1.807) is 14.0 Å². The number of benzene rings is 1. The first-order valence-electron chi connectivity index (χ1n) is 6.18. The molecule has 0 radical (unpaired) electrons. The molecule has 1 aromatic carbocycles. The van der Waals surface area contributed by atoms with Gasteiger partial charge in [0.25, 0.3) is 0 Å². The number of alkyl carbamates (subject to hydrolysis) is 1. The number of fused-ring (bicyclic) bond motifs is 1. The summed E-state index contributed by atoms with van der Waals surface area (Å²) in [6, 6.07) is 3.78. The number of methoxy groups -OCH3 is 1. The summed E-state index contributed by atoms with van der Waals surface area (Å²) >= 11 is 2.25. The van der Waals surface area contributed by atoms with E-state index in [0.29, 0.717) is 30.4 Å². The van der Waals surface area contributed by atoms with Gasteiger partial charge >= 0.3 is 6.09 Å². The first kappa shape index (κ1) is 15.0. The van der Waals surface area contributed by atoms with E-state index in [2.05, 4.69) is 27.9 Å². The first-order chi connectivity index (χ1) is 9.65. The van der Waals surface area contributed by atoms with Crippen molar-refractivity contribution in [2.45, 2.75) is 10.8 Å². The van der Waals surface area contributed by atoms with Crippen LogP contribution < -0.4 is 19.5 Å². The van der Waals surface area contributed by atoms with Crippen molar-refractivity contribution < 1.29 is 23.7 Å². The third-order valence-electron chi connectivity index (χ3n) is 2.74. The van der Waals surface area contributed by atoms with Gasteiger partial charge < -0.3 is 24.3 Å². The van der Waals surface area contributed by atoms with Crippen molar-refractivity contribution in [3.63, 3.8) is 0 Å². The summed E-state index contributed by atoms with van der Waals surface area (Å²) in [5, 5.41) is 2.71. The minimum atomic E-state index is -0.415. The SMILES string of the molecule is CCOC(=O)NCC(I)c1cc(OC)c2c(c1)OCO2. The molecule has 6 nitrogen and oxygen atoms in total. The van der Waals surface area contributed by atoms with Crippen LogP contribution in [-0.2, 0) is 4.74 Å². The third-order valence-corrected chi connectivity index (χ3v) is 3.90. The second-order valence-corrected chi connectivity index (χ2v) is 5.53. The van der Waals surface area contributed by atoms with Gasteiger partial charge in [0, 0.05) is 6.54 Å². The highest BCUT2D eigenvalue weighted by atomic mass is 127. The number of nitrogens with one attached hydrogen (secondary N) is 1. The Bertz CT molecular complexity index is 494. The predicted molar refractivity (Wildman–Crippen MR) is 80.9 cm³/mol. The number of ether oxygens (including phenoxy) is 4. The van der Waals surface area contributed by atoms with Gasteiger partial charge in [0.05, 0.1) is 17.6 Å². The van der Waals surface area contributed by atoms with Crippen LogP contribution in [0.5, 0.6) is 17.2 Å². The Morgan fingerprint density at radius 3 is 3.00 bits per heavy atom. The Morgan fingerprint density at radius 1 is 1.50 bits per heavy atom. The van der Waals surface area contributed by atoms with Crippen LogP contribution in [0.4, 0.5) is 4.79 Å². The van der Waals surface area contributed by atoms with Crippen LogP contribution in [0.2, 0.25) is 0 Å². The van der Waals surface area contributed by atoms with Crippen molar-refractivity contribution in [2.75, 3.05) is 27.1 Å². The van der Waals surface area contributed by atoms with E-state index in [9.17, 15) is 4.79 Å². The molecule has 2 rings (SSSR count). The second-order valence-electron chi connectivity index (χ2n) is 4.03. The number of alkyl halides is 1. The molecule has 1 N–H and O–H groups in total. The lowest BCUT2D eigenvalue weighted by atomic mass is 10.1. The Hall–Kier alpha value is -1.38. The van der Waals surface area contributed by atoms with Gasteiger partial charge in [-0.1, -0.05) is 22.6 Å². The number of hydrogen-bond acceptors (Lipinski definition) is 5. The van der Waals surface area contributed by atoms with E-state index in [-0.39, 0.29) is 10.7 Å². The molecule has 0 spiro atoms. The molecule has 1 atom stereocenters. The highest BCUT2D eigenvalue weighted by molar-refractivity contribution is 14.1. The van der Waals surface area contributed by atoms with Crippen molar-refractivity contribution in [3.8, 4) is 17.2 Å². The van der Waals surface area contributed by atoms with E-state index < -0.39 is 6.09 Å². The number of amides is 1. The maximum atomic E-state index is 11.3. The van der Waals surface area contributed by atoms with E-state index in [4.69, 9.17) is 18.9 Å². The smallest absolute Gasteiger partial charge is 0.407 e. The summed E-state index contributed by atoms with van der Waals surface area (Å²) in [7, 11) is 1.58. The Kier molecular flexibility index (Phi) is 5.16. The van der Waals surface area contributed by atoms with E-state index in [1.165, 1.54) is 0 Å².